The van der Waals surface area contributed by atoms with Gasteiger partial charge in [-0.1, -0.05) is 12.8 Å². The lowest BCUT2D eigenvalue weighted by atomic mass is 9.77. The molecule has 1 aliphatic carbocycles. The Labute approximate surface area is 121 Å². The lowest BCUT2D eigenvalue weighted by Crippen LogP contribution is -2.49. The molecule has 6 heteroatoms. The van der Waals surface area contributed by atoms with Crippen LogP contribution >= 0.6 is 0 Å². The van der Waals surface area contributed by atoms with Crippen LogP contribution in [0.5, 0.6) is 0 Å². The summed E-state index contributed by atoms with van der Waals surface area (Å²) < 4.78 is 22.2. The van der Waals surface area contributed by atoms with Gasteiger partial charge in [0.05, 0.1) is 11.8 Å². The first-order valence-electron chi connectivity index (χ1n) is 7.53. The largest absolute Gasteiger partial charge is 0.341 e. The molecule has 1 saturated heterocycles. The fourth-order valence-corrected chi connectivity index (χ4v) is 4.21. The van der Waals surface area contributed by atoms with E-state index in [4.69, 9.17) is 5.73 Å². The standard InChI is InChI=1S/C14H26N2O3S/c1-20(18,19)11-4-12(15)13(17)16-9-7-14(8-10-16)5-2-3-6-14/h12H,2-11,15H2,1H3. The summed E-state index contributed by atoms with van der Waals surface area (Å²) in [6.07, 6.45) is 8.80. The fraction of sp³-hybridized carbons (Fsp3) is 0.929. The van der Waals surface area contributed by atoms with Gasteiger partial charge in [0.15, 0.2) is 0 Å². The van der Waals surface area contributed by atoms with Crippen LogP contribution < -0.4 is 5.73 Å². The van der Waals surface area contributed by atoms with Crippen molar-refractivity contribution in [2.75, 3.05) is 25.1 Å². The van der Waals surface area contributed by atoms with Gasteiger partial charge in [-0.2, -0.15) is 0 Å². The van der Waals surface area contributed by atoms with Crippen LogP contribution in [0.15, 0.2) is 0 Å². The Morgan fingerprint density at radius 3 is 2.25 bits per heavy atom. The molecule has 2 fully saturated rings. The van der Waals surface area contributed by atoms with Gasteiger partial charge in [-0.3, -0.25) is 4.79 Å². The third kappa shape index (κ3) is 3.95. The fourth-order valence-electron chi connectivity index (χ4n) is 3.53. The SMILES string of the molecule is CS(=O)(=O)CCC(N)C(=O)N1CCC2(CCCC2)CC1. The predicted molar refractivity (Wildman–Crippen MR) is 79.0 cm³/mol. The molecule has 20 heavy (non-hydrogen) atoms. The van der Waals surface area contributed by atoms with Crippen molar-refractivity contribution >= 4 is 15.7 Å². The van der Waals surface area contributed by atoms with Gasteiger partial charge in [-0.15, -0.1) is 0 Å². The van der Waals surface area contributed by atoms with Gasteiger partial charge >= 0.3 is 0 Å². The second-order valence-electron chi connectivity index (χ2n) is 6.56. The first-order chi connectivity index (χ1) is 9.31. The molecule has 0 aromatic rings. The number of amides is 1. The number of hydrogen-bond donors (Lipinski definition) is 1. The number of nitrogens with zero attached hydrogens (tertiary/aromatic N) is 1. The number of nitrogens with two attached hydrogens (primary N) is 1. The molecule has 0 aromatic carbocycles. The summed E-state index contributed by atoms with van der Waals surface area (Å²) in [6.45, 7) is 1.57. The minimum absolute atomic E-state index is 0.0162. The van der Waals surface area contributed by atoms with Crippen LogP contribution in [0.25, 0.3) is 0 Å². The summed E-state index contributed by atoms with van der Waals surface area (Å²) in [7, 11) is -3.05. The minimum atomic E-state index is -3.05. The topological polar surface area (TPSA) is 80.5 Å². The molecule has 1 saturated carbocycles. The van der Waals surface area contributed by atoms with E-state index in [0.717, 1.165) is 25.9 Å². The quantitative estimate of drug-likeness (QED) is 0.838. The van der Waals surface area contributed by atoms with Crippen LogP contribution in [-0.4, -0.2) is 50.4 Å². The van der Waals surface area contributed by atoms with Gasteiger partial charge < -0.3 is 10.6 Å². The van der Waals surface area contributed by atoms with Crippen molar-refractivity contribution in [1.82, 2.24) is 4.90 Å². The van der Waals surface area contributed by atoms with Crippen LogP contribution in [-0.2, 0) is 14.6 Å². The van der Waals surface area contributed by atoms with Gasteiger partial charge in [0, 0.05) is 19.3 Å². The Morgan fingerprint density at radius 2 is 1.75 bits per heavy atom. The van der Waals surface area contributed by atoms with Crippen molar-refractivity contribution in [3.8, 4) is 0 Å². The molecular weight excluding hydrogens is 276 g/mol. The lowest BCUT2D eigenvalue weighted by molar-refractivity contribution is -0.134. The molecule has 1 unspecified atom stereocenters. The highest BCUT2D eigenvalue weighted by Crippen LogP contribution is 2.46. The Hall–Kier alpha value is -0.620. The minimum Gasteiger partial charge on any atom is -0.341 e. The summed E-state index contributed by atoms with van der Waals surface area (Å²) in [5.74, 6) is -0.0981. The van der Waals surface area contributed by atoms with Gasteiger partial charge in [0.1, 0.15) is 9.84 Å². The molecule has 1 spiro atoms. The van der Waals surface area contributed by atoms with E-state index in [-0.39, 0.29) is 18.1 Å². The van der Waals surface area contributed by atoms with E-state index in [1.165, 1.54) is 31.9 Å². The average molecular weight is 302 g/mol. The van der Waals surface area contributed by atoms with Crippen molar-refractivity contribution < 1.29 is 13.2 Å². The second-order valence-corrected chi connectivity index (χ2v) is 8.82. The first-order valence-corrected chi connectivity index (χ1v) is 9.60. The molecule has 0 aromatic heterocycles. The smallest absolute Gasteiger partial charge is 0.239 e. The zero-order valence-corrected chi connectivity index (χ0v) is 13.1. The average Bonchev–Trinajstić information content (AvgIpc) is 2.83. The molecule has 1 aliphatic heterocycles. The number of hydrogen-bond acceptors (Lipinski definition) is 4. The zero-order chi connectivity index (χ0) is 14.8. The van der Waals surface area contributed by atoms with E-state index >= 15 is 0 Å². The first kappa shape index (κ1) is 15.8. The molecule has 1 atom stereocenters. The van der Waals surface area contributed by atoms with Gasteiger partial charge in [0.2, 0.25) is 5.91 Å². The van der Waals surface area contributed by atoms with Crippen molar-refractivity contribution in [3.05, 3.63) is 0 Å². The highest BCUT2D eigenvalue weighted by Gasteiger charge is 2.38. The predicted octanol–water partition coefficient (Wildman–Crippen LogP) is 0.931. The highest BCUT2D eigenvalue weighted by molar-refractivity contribution is 7.90. The van der Waals surface area contributed by atoms with E-state index in [1.54, 1.807) is 0 Å². The van der Waals surface area contributed by atoms with Crippen LogP contribution in [0.3, 0.4) is 0 Å². The van der Waals surface area contributed by atoms with Gasteiger partial charge in [-0.25, -0.2) is 8.42 Å². The molecule has 0 radical (unpaired) electrons. The summed E-state index contributed by atoms with van der Waals surface area (Å²) in [6, 6.07) is -0.678. The summed E-state index contributed by atoms with van der Waals surface area (Å²) in [5.41, 5.74) is 6.32. The van der Waals surface area contributed by atoms with Crippen molar-refractivity contribution in [2.45, 2.75) is 51.0 Å². The number of likely N-dealkylation sites (tertiary alicyclic amines) is 1. The zero-order valence-electron chi connectivity index (χ0n) is 12.3. The Kier molecular flexibility index (Phi) is 4.74. The van der Waals surface area contributed by atoms with Gasteiger partial charge in [0.25, 0.3) is 0 Å². The number of rotatable bonds is 4. The van der Waals surface area contributed by atoms with Crippen molar-refractivity contribution in [1.29, 1.82) is 0 Å². The molecule has 2 rings (SSSR count). The third-order valence-corrected chi connectivity index (χ3v) is 5.89. The maximum atomic E-state index is 12.2. The monoisotopic (exact) mass is 302 g/mol. The molecule has 5 nitrogen and oxygen atoms in total. The number of carbonyl (C=O) groups is 1. The Balaban J connectivity index is 1.82. The third-order valence-electron chi connectivity index (χ3n) is 4.92. The van der Waals surface area contributed by atoms with Gasteiger partial charge in [-0.05, 0) is 37.5 Å². The molecule has 116 valence electrons. The maximum absolute atomic E-state index is 12.2. The summed E-state index contributed by atoms with van der Waals surface area (Å²) in [5, 5.41) is 0. The van der Waals surface area contributed by atoms with E-state index in [1.807, 2.05) is 4.90 Å². The molecule has 1 amide bonds. The van der Waals surface area contributed by atoms with Crippen LogP contribution in [0.2, 0.25) is 0 Å². The van der Waals surface area contributed by atoms with Crippen molar-refractivity contribution in [3.63, 3.8) is 0 Å². The number of carbonyl (C=O) groups excluding carboxylic acids is 1. The number of sulfone groups is 1. The summed E-state index contributed by atoms with van der Waals surface area (Å²) in [4.78, 5) is 14.1. The maximum Gasteiger partial charge on any atom is 0.239 e. The molecule has 0 bridgehead atoms. The Morgan fingerprint density at radius 1 is 1.20 bits per heavy atom. The highest BCUT2D eigenvalue weighted by atomic mass is 32.2. The van der Waals surface area contributed by atoms with Crippen LogP contribution in [0.4, 0.5) is 0 Å². The molecule has 2 N–H and O–H groups in total. The second kappa shape index (κ2) is 6.02. The number of piperidine rings is 1. The van der Waals surface area contributed by atoms with E-state index < -0.39 is 15.9 Å². The van der Waals surface area contributed by atoms with E-state index in [9.17, 15) is 13.2 Å². The molecular formula is C14H26N2O3S. The van der Waals surface area contributed by atoms with E-state index in [0.29, 0.717) is 5.41 Å². The molecule has 1 heterocycles. The normalized spacial score (nSPS) is 24.0. The summed E-state index contributed by atoms with van der Waals surface area (Å²) >= 11 is 0. The Bertz CT molecular complexity index is 445. The van der Waals surface area contributed by atoms with Crippen LogP contribution in [0, 0.1) is 5.41 Å². The van der Waals surface area contributed by atoms with Crippen LogP contribution in [0.1, 0.15) is 44.9 Å². The van der Waals surface area contributed by atoms with Crippen molar-refractivity contribution in [2.24, 2.45) is 11.1 Å². The molecule has 2 aliphatic rings. The van der Waals surface area contributed by atoms with E-state index in [2.05, 4.69) is 0 Å². The lowest BCUT2D eigenvalue weighted by Gasteiger charge is -2.40.